The number of para-hydroxylation sites is 1. The van der Waals surface area contributed by atoms with Crippen LogP contribution in [0.25, 0.3) is 16.9 Å². The predicted octanol–water partition coefficient (Wildman–Crippen LogP) is 5.68. The minimum Gasteiger partial charge on any atom is -0.497 e. The molecular formula is C23H23N3O. The highest BCUT2D eigenvalue weighted by Gasteiger charge is 2.16. The van der Waals surface area contributed by atoms with Gasteiger partial charge in [0, 0.05) is 17.4 Å². The van der Waals surface area contributed by atoms with Crippen molar-refractivity contribution in [1.29, 1.82) is 0 Å². The molecule has 2 aromatic heterocycles. The Bertz CT molecular complexity index is 1090. The van der Waals surface area contributed by atoms with Gasteiger partial charge in [0.2, 0.25) is 0 Å². The highest BCUT2D eigenvalue weighted by atomic mass is 16.5. The van der Waals surface area contributed by atoms with E-state index >= 15 is 0 Å². The molecule has 0 fully saturated rings. The number of nitrogens with zero attached hydrogens (tertiary/aromatic N) is 2. The van der Waals surface area contributed by atoms with Gasteiger partial charge in [-0.1, -0.05) is 18.2 Å². The van der Waals surface area contributed by atoms with Crippen molar-refractivity contribution < 1.29 is 4.74 Å². The molecule has 136 valence electrons. The van der Waals surface area contributed by atoms with Gasteiger partial charge in [-0.25, -0.2) is 4.98 Å². The summed E-state index contributed by atoms with van der Waals surface area (Å²) >= 11 is 0. The quantitative estimate of drug-likeness (QED) is 0.511. The molecular weight excluding hydrogens is 334 g/mol. The van der Waals surface area contributed by atoms with Crippen molar-refractivity contribution in [2.24, 2.45) is 0 Å². The number of hydrogen-bond donors (Lipinski definition) is 1. The Balaban J connectivity index is 1.91. The zero-order valence-corrected chi connectivity index (χ0v) is 16.1. The van der Waals surface area contributed by atoms with Gasteiger partial charge in [-0.2, -0.15) is 0 Å². The molecule has 0 unspecified atom stereocenters. The number of hydrogen-bond acceptors (Lipinski definition) is 3. The van der Waals surface area contributed by atoms with Crippen molar-refractivity contribution >= 4 is 17.2 Å². The molecule has 1 N–H and O–H groups in total. The number of fused-ring (bicyclic) bond motifs is 1. The van der Waals surface area contributed by atoms with Gasteiger partial charge in [0.1, 0.15) is 22.9 Å². The van der Waals surface area contributed by atoms with Gasteiger partial charge >= 0.3 is 0 Å². The first kappa shape index (κ1) is 17.2. The van der Waals surface area contributed by atoms with Crippen LogP contribution in [0.1, 0.15) is 16.7 Å². The highest BCUT2D eigenvalue weighted by molar-refractivity contribution is 5.81. The Morgan fingerprint density at radius 3 is 2.30 bits per heavy atom. The topological polar surface area (TPSA) is 38.6 Å². The first-order valence-electron chi connectivity index (χ1n) is 9.03. The van der Waals surface area contributed by atoms with Crippen molar-refractivity contribution in [3.8, 4) is 17.0 Å². The molecule has 0 bridgehead atoms. The molecule has 4 aromatic rings. The molecule has 0 amide bonds. The third-order valence-corrected chi connectivity index (χ3v) is 4.87. The molecule has 4 heteroatoms. The highest BCUT2D eigenvalue weighted by Crippen LogP contribution is 2.34. The number of aryl methyl sites for hydroxylation is 3. The van der Waals surface area contributed by atoms with E-state index in [9.17, 15) is 0 Å². The third kappa shape index (κ3) is 3.14. The van der Waals surface area contributed by atoms with E-state index < -0.39 is 0 Å². The molecule has 2 aromatic carbocycles. The van der Waals surface area contributed by atoms with E-state index in [1.807, 2.05) is 24.3 Å². The molecule has 4 rings (SSSR count). The second kappa shape index (κ2) is 6.80. The van der Waals surface area contributed by atoms with E-state index in [1.165, 1.54) is 16.7 Å². The fraction of sp³-hybridized carbons (Fsp3) is 0.174. The molecule has 2 heterocycles. The van der Waals surface area contributed by atoms with E-state index in [2.05, 4.69) is 67.0 Å². The smallest absolute Gasteiger partial charge is 0.143 e. The Labute approximate surface area is 159 Å². The average molecular weight is 357 g/mol. The second-order valence-corrected chi connectivity index (χ2v) is 6.86. The summed E-state index contributed by atoms with van der Waals surface area (Å²) in [6.07, 6.45) is 2.07. The Kier molecular flexibility index (Phi) is 4.32. The largest absolute Gasteiger partial charge is 0.497 e. The molecule has 0 aliphatic carbocycles. The molecule has 0 atom stereocenters. The number of anilines is 2. The maximum absolute atomic E-state index is 5.30. The van der Waals surface area contributed by atoms with Crippen LogP contribution in [0, 0.1) is 20.8 Å². The summed E-state index contributed by atoms with van der Waals surface area (Å²) in [6, 6.07) is 18.5. The molecule has 0 radical (unpaired) electrons. The van der Waals surface area contributed by atoms with Crippen LogP contribution >= 0.6 is 0 Å². The number of benzene rings is 2. The minimum atomic E-state index is 0.836. The first-order chi connectivity index (χ1) is 13.1. The van der Waals surface area contributed by atoms with Gasteiger partial charge in [0.15, 0.2) is 0 Å². The van der Waals surface area contributed by atoms with Gasteiger partial charge < -0.3 is 10.1 Å². The van der Waals surface area contributed by atoms with Gasteiger partial charge in [0.25, 0.3) is 0 Å². The third-order valence-electron chi connectivity index (χ3n) is 4.87. The molecule has 0 aliphatic rings. The summed E-state index contributed by atoms with van der Waals surface area (Å²) < 4.78 is 7.41. The van der Waals surface area contributed by atoms with Crippen LogP contribution in [0.15, 0.2) is 60.8 Å². The lowest BCUT2D eigenvalue weighted by molar-refractivity contribution is 0.415. The predicted molar refractivity (Wildman–Crippen MR) is 111 cm³/mol. The van der Waals surface area contributed by atoms with Crippen molar-refractivity contribution in [2.75, 3.05) is 12.4 Å². The van der Waals surface area contributed by atoms with Crippen molar-refractivity contribution in [2.45, 2.75) is 20.8 Å². The molecule has 0 aliphatic heterocycles. The number of aromatic nitrogens is 2. The number of nitrogens with one attached hydrogen (secondary N) is 1. The number of rotatable bonds is 4. The van der Waals surface area contributed by atoms with Crippen LogP contribution in [-0.2, 0) is 0 Å². The monoisotopic (exact) mass is 357 g/mol. The standard InChI is InChI=1S/C23H23N3O/c1-15-12-13-26-20(14-15)24-22(18-8-10-19(27-4)11-9-18)23(26)25-21-16(2)6-5-7-17(21)3/h5-14,25H,1-4H3. The second-order valence-electron chi connectivity index (χ2n) is 6.86. The summed E-state index contributed by atoms with van der Waals surface area (Å²) in [5.41, 5.74) is 7.61. The lowest BCUT2D eigenvalue weighted by Crippen LogP contribution is -2.00. The van der Waals surface area contributed by atoms with Crippen molar-refractivity contribution in [1.82, 2.24) is 9.38 Å². The summed E-state index contributed by atoms with van der Waals surface area (Å²) in [5, 5.41) is 3.65. The van der Waals surface area contributed by atoms with Gasteiger partial charge in [-0.05, 0) is 73.9 Å². The zero-order valence-electron chi connectivity index (χ0n) is 16.1. The SMILES string of the molecule is COc1ccc(-c2nc3cc(C)ccn3c2Nc2c(C)cccc2C)cc1. The van der Waals surface area contributed by atoms with Crippen LogP contribution in [0.4, 0.5) is 11.5 Å². The summed E-state index contributed by atoms with van der Waals surface area (Å²) in [5.74, 6) is 1.80. The van der Waals surface area contributed by atoms with Crippen LogP contribution in [0.2, 0.25) is 0 Å². The van der Waals surface area contributed by atoms with Gasteiger partial charge in [-0.15, -0.1) is 0 Å². The number of pyridine rings is 1. The Morgan fingerprint density at radius 1 is 0.926 bits per heavy atom. The fourth-order valence-corrected chi connectivity index (χ4v) is 3.35. The molecule has 4 nitrogen and oxygen atoms in total. The van der Waals surface area contributed by atoms with Crippen molar-refractivity contribution in [3.63, 3.8) is 0 Å². The molecule has 0 spiro atoms. The lowest BCUT2D eigenvalue weighted by Gasteiger charge is -2.14. The summed E-state index contributed by atoms with van der Waals surface area (Å²) in [6.45, 7) is 6.33. The maximum atomic E-state index is 5.30. The van der Waals surface area contributed by atoms with E-state index in [4.69, 9.17) is 9.72 Å². The molecule has 0 saturated carbocycles. The van der Waals surface area contributed by atoms with Crippen LogP contribution < -0.4 is 10.1 Å². The number of ether oxygens (including phenoxy) is 1. The van der Waals surface area contributed by atoms with Gasteiger partial charge in [-0.3, -0.25) is 4.40 Å². The molecule has 0 saturated heterocycles. The van der Waals surface area contributed by atoms with Gasteiger partial charge in [0.05, 0.1) is 7.11 Å². The maximum Gasteiger partial charge on any atom is 0.143 e. The fourth-order valence-electron chi connectivity index (χ4n) is 3.35. The summed E-state index contributed by atoms with van der Waals surface area (Å²) in [7, 11) is 1.68. The van der Waals surface area contributed by atoms with E-state index in [-0.39, 0.29) is 0 Å². The minimum absolute atomic E-state index is 0.836. The summed E-state index contributed by atoms with van der Waals surface area (Å²) in [4.78, 5) is 4.91. The Morgan fingerprint density at radius 2 is 1.63 bits per heavy atom. The normalized spacial score (nSPS) is 11.0. The van der Waals surface area contributed by atoms with Crippen molar-refractivity contribution in [3.05, 3.63) is 77.5 Å². The van der Waals surface area contributed by atoms with Crippen LogP contribution in [0.3, 0.4) is 0 Å². The number of methoxy groups -OCH3 is 1. The number of imidazole rings is 1. The van der Waals surface area contributed by atoms with E-state index in [0.29, 0.717) is 0 Å². The molecule has 27 heavy (non-hydrogen) atoms. The Hall–Kier alpha value is -3.27. The van der Waals surface area contributed by atoms with E-state index in [0.717, 1.165) is 34.2 Å². The zero-order chi connectivity index (χ0) is 19.0. The van der Waals surface area contributed by atoms with Crippen LogP contribution in [0.5, 0.6) is 5.75 Å². The first-order valence-corrected chi connectivity index (χ1v) is 9.03. The van der Waals surface area contributed by atoms with Crippen LogP contribution in [-0.4, -0.2) is 16.5 Å². The average Bonchev–Trinajstić information content (AvgIpc) is 3.02. The van der Waals surface area contributed by atoms with E-state index in [1.54, 1.807) is 7.11 Å². The lowest BCUT2D eigenvalue weighted by atomic mass is 10.1.